The molecule has 0 spiro atoms. The van der Waals surface area contributed by atoms with Crippen LogP contribution in [0.4, 0.5) is 28.4 Å². The molecule has 0 unspecified atom stereocenters. The van der Waals surface area contributed by atoms with Crippen LogP contribution in [0.3, 0.4) is 0 Å². The summed E-state index contributed by atoms with van der Waals surface area (Å²) in [6.07, 6.45) is 0. The molecule has 0 atom stereocenters. The molecular formula is C29H35N6S2+. The van der Waals surface area contributed by atoms with Crippen molar-refractivity contribution in [1.82, 2.24) is 0 Å². The summed E-state index contributed by atoms with van der Waals surface area (Å²) in [4.78, 5) is 4.54. The van der Waals surface area contributed by atoms with Crippen molar-refractivity contribution in [3.63, 3.8) is 0 Å². The number of hydrogen-bond acceptors (Lipinski definition) is 7. The van der Waals surface area contributed by atoms with Gasteiger partial charge in [-0.15, -0.1) is 5.11 Å². The Bertz CT molecular complexity index is 1340. The first kappa shape index (κ1) is 26.8. The molecule has 0 saturated heterocycles. The normalized spacial score (nSPS) is 11.4. The number of pyridine rings is 1. The average molecular weight is 532 g/mol. The Hall–Kier alpha value is -3.23. The van der Waals surface area contributed by atoms with Crippen LogP contribution in [0.1, 0.15) is 5.69 Å². The molecule has 37 heavy (non-hydrogen) atoms. The number of aryl methyl sites for hydroxylation is 2. The van der Waals surface area contributed by atoms with Crippen LogP contribution in [-0.2, 0) is 7.05 Å². The fraction of sp³-hybridized carbons (Fsp3) is 0.276. The highest BCUT2D eigenvalue weighted by atomic mass is 33.1. The first-order valence-electron chi connectivity index (χ1n) is 12.3. The topological polar surface area (TPSA) is 61.1 Å². The van der Waals surface area contributed by atoms with Gasteiger partial charge >= 0.3 is 0 Å². The van der Waals surface area contributed by atoms with Gasteiger partial charge in [-0.05, 0) is 54.6 Å². The number of nitrogen functional groups attached to an aromatic ring is 1. The lowest BCUT2D eigenvalue weighted by Gasteiger charge is -2.20. The smallest absolute Gasteiger partial charge is 0.214 e. The van der Waals surface area contributed by atoms with Gasteiger partial charge in [-0.3, -0.25) is 0 Å². The molecule has 0 aliphatic heterocycles. The summed E-state index contributed by atoms with van der Waals surface area (Å²) in [5, 5.41) is 10.2. The average Bonchev–Trinajstić information content (AvgIpc) is 2.92. The van der Waals surface area contributed by atoms with Crippen LogP contribution >= 0.6 is 21.6 Å². The molecular weight excluding hydrogens is 496 g/mol. The lowest BCUT2D eigenvalue weighted by molar-refractivity contribution is -0.651. The van der Waals surface area contributed by atoms with Gasteiger partial charge in [0.05, 0.1) is 11.1 Å². The quantitative estimate of drug-likeness (QED) is 0.0748. The van der Waals surface area contributed by atoms with Gasteiger partial charge in [-0.2, -0.15) is 9.68 Å². The fourth-order valence-electron chi connectivity index (χ4n) is 3.97. The zero-order chi connectivity index (χ0) is 26.2. The van der Waals surface area contributed by atoms with Crippen molar-refractivity contribution in [1.29, 1.82) is 0 Å². The third-order valence-corrected chi connectivity index (χ3v) is 8.78. The number of benzene rings is 3. The third kappa shape index (κ3) is 7.17. The van der Waals surface area contributed by atoms with E-state index in [1.807, 2.05) is 51.9 Å². The van der Waals surface area contributed by atoms with E-state index in [2.05, 4.69) is 101 Å². The molecule has 3 aromatic carbocycles. The molecule has 0 aliphatic rings. The highest BCUT2D eigenvalue weighted by Crippen LogP contribution is 2.28. The number of para-hydroxylation sites is 1. The molecule has 1 aromatic heterocycles. The van der Waals surface area contributed by atoms with Crippen LogP contribution in [0.2, 0.25) is 0 Å². The van der Waals surface area contributed by atoms with Gasteiger partial charge in [0.15, 0.2) is 5.69 Å². The van der Waals surface area contributed by atoms with E-state index in [-0.39, 0.29) is 0 Å². The molecule has 2 N–H and O–H groups in total. The molecule has 0 amide bonds. The number of nitrogens with two attached hydrogens (primary N) is 1. The van der Waals surface area contributed by atoms with Gasteiger partial charge in [0.25, 0.3) is 0 Å². The van der Waals surface area contributed by atoms with Gasteiger partial charge < -0.3 is 15.5 Å². The van der Waals surface area contributed by atoms with Gasteiger partial charge in [-0.1, -0.05) is 33.7 Å². The van der Waals surface area contributed by atoms with Crippen LogP contribution in [0.5, 0.6) is 0 Å². The number of anilines is 3. The predicted molar refractivity (Wildman–Crippen MR) is 163 cm³/mol. The fourth-order valence-corrected chi connectivity index (χ4v) is 6.05. The number of hydrogen-bond donors (Lipinski definition) is 1. The minimum atomic E-state index is 0.801. The minimum Gasteiger partial charge on any atom is -0.399 e. The standard InChI is InChI=1S/C29H35N6S2/c1-22-21-28(27-7-5-6-8-29(27)35(22)4)32-31-24-11-15-26(16-12-24)34(3)18-20-37-36-19-17-33(2)25-13-9-23(30)10-14-25/h5-16,21H,17-20,30H2,1-4H3/q+1. The van der Waals surface area contributed by atoms with E-state index in [4.69, 9.17) is 5.73 Å². The second-order valence-corrected chi connectivity index (χ2v) is 11.7. The maximum absolute atomic E-state index is 5.78. The molecule has 6 nitrogen and oxygen atoms in total. The summed E-state index contributed by atoms with van der Waals surface area (Å²) < 4.78 is 2.18. The zero-order valence-electron chi connectivity index (χ0n) is 22.0. The second kappa shape index (κ2) is 12.8. The minimum absolute atomic E-state index is 0.801. The predicted octanol–water partition coefficient (Wildman–Crippen LogP) is 6.92. The zero-order valence-corrected chi connectivity index (χ0v) is 23.6. The Morgan fingerprint density at radius 1 is 0.784 bits per heavy atom. The monoisotopic (exact) mass is 531 g/mol. The largest absolute Gasteiger partial charge is 0.399 e. The summed E-state index contributed by atoms with van der Waals surface area (Å²) in [5.41, 5.74) is 13.0. The maximum atomic E-state index is 5.78. The summed E-state index contributed by atoms with van der Waals surface area (Å²) >= 11 is 0. The van der Waals surface area contributed by atoms with E-state index >= 15 is 0 Å². The van der Waals surface area contributed by atoms with Crippen LogP contribution < -0.4 is 20.1 Å². The van der Waals surface area contributed by atoms with Crippen molar-refractivity contribution in [3.05, 3.63) is 84.6 Å². The lowest BCUT2D eigenvalue weighted by Crippen LogP contribution is -2.32. The molecule has 0 radical (unpaired) electrons. The molecule has 4 rings (SSSR count). The van der Waals surface area contributed by atoms with E-state index in [0.29, 0.717) is 0 Å². The third-order valence-electron chi connectivity index (χ3n) is 6.42. The summed E-state index contributed by atoms with van der Waals surface area (Å²) in [5.74, 6) is 2.13. The van der Waals surface area contributed by atoms with Crippen molar-refractivity contribution in [2.45, 2.75) is 6.92 Å². The van der Waals surface area contributed by atoms with E-state index in [1.165, 1.54) is 11.4 Å². The van der Waals surface area contributed by atoms with Crippen LogP contribution in [0.15, 0.2) is 89.1 Å². The van der Waals surface area contributed by atoms with Crippen molar-refractivity contribution in [2.24, 2.45) is 17.3 Å². The molecule has 0 fully saturated rings. The van der Waals surface area contributed by atoms with Gasteiger partial charge in [0.1, 0.15) is 12.7 Å². The molecule has 0 saturated carbocycles. The SMILES string of the molecule is Cc1cc(N=Nc2ccc(N(C)CCSSCCN(C)c3ccc(N)cc3)cc2)c2ccccc2[n+]1C. The Balaban J connectivity index is 1.23. The van der Waals surface area contributed by atoms with E-state index in [0.717, 1.165) is 58.3 Å². The van der Waals surface area contributed by atoms with Crippen LogP contribution in [-0.4, -0.2) is 38.7 Å². The number of rotatable bonds is 11. The lowest BCUT2D eigenvalue weighted by atomic mass is 10.1. The molecule has 0 bridgehead atoms. The first-order valence-corrected chi connectivity index (χ1v) is 14.8. The first-order chi connectivity index (χ1) is 17.9. The molecule has 192 valence electrons. The van der Waals surface area contributed by atoms with Gasteiger partial charge in [-0.25, -0.2) is 0 Å². The Labute approximate surface area is 228 Å². The summed E-state index contributed by atoms with van der Waals surface area (Å²) in [6.45, 7) is 4.08. The maximum Gasteiger partial charge on any atom is 0.214 e. The van der Waals surface area contributed by atoms with Crippen molar-refractivity contribution < 1.29 is 4.57 Å². The number of aromatic nitrogens is 1. The molecule has 1 heterocycles. The second-order valence-electron chi connectivity index (χ2n) is 9.04. The van der Waals surface area contributed by atoms with Crippen molar-refractivity contribution >= 4 is 60.9 Å². The van der Waals surface area contributed by atoms with E-state index in [9.17, 15) is 0 Å². The highest BCUT2D eigenvalue weighted by molar-refractivity contribution is 8.76. The number of fused-ring (bicyclic) bond motifs is 1. The Morgan fingerprint density at radius 3 is 1.97 bits per heavy atom. The molecule has 8 heteroatoms. The van der Waals surface area contributed by atoms with Gasteiger partial charge in [0.2, 0.25) is 5.52 Å². The van der Waals surface area contributed by atoms with Crippen LogP contribution in [0, 0.1) is 6.92 Å². The van der Waals surface area contributed by atoms with Gasteiger partial charge in [0, 0.05) is 74.8 Å². The van der Waals surface area contributed by atoms with Crippen molar-refractivity contribution in [2.75, 3.05) is 54.2 Å². The van der Waals surface area contributed by atoms with Crippen LogP contribution in [0.25, 0.3) is 10.9 Å². The Morgan fingerprint density at radius 2 is 1.35 bits per heavy atom. The molecule has 0 aliphatic carbocycles. The van der Waals surface area contributed by atoms with Crippen molar-refractivity contribution in [3.8, 4) is 0 Å². The van der Waals surface area contributed by atoms with E-state index in [1.54, 1.807) is 0 Å². The number of nitrogens with zero attached hydrogens (tertiary/aromatic N) is 5. The Kier molecular flexibility index (Phi) is 9.30. The van der Waals surface area contributed by atoms with E-state index < -0.39 is 0 Å². The highest BCUT2D eigenvalue weighted by Gasteiger charge is 2.12. The molecule has 4 aromatic rings. The summed E-state index contributed by atoms with van der Waals surface area (Å²) in [6, 6.07) is 26.7. The summed E-state index contributed by atoms with van der Waals surface area (Å²) in [7, 11) is 10.2. The number of azo groups is 1.